The van der Waals surface area contributed by atoms with E-state index in [0.29, 0.717) is 19.3 Å². The summed E-state index contributed by atoms with van der Waals surface area (Å²) in [6.07, 6.45) is 45.2. The molecule has 6 nitrogen and oxygen atoms in total. The van der Waals surface area contributed by atoms with Gasteiger partial charge >= 0.3 is 17.9 Å². The minimum Gasteiger partial charge on any atom is -0.462 e. The van der Waals surface area contributed by atoms with Gasteiger partial charge in [-0.3, -0.25) is 14.4 Å². The Morgan fingerprint density at radius 2 is 0.569 bits per heavy atom. The number of hydrogen-bond donors (Lipinski definition) is 0. The molecule has 344 valence electrons. The zero-order chi connectivity index (χ0) is 42.6. The first-order valence-electron chi connectivity index (χ1n) is 25.7. The highest BCUT2D eigenvalue weighted by Crippen LogP contribution is 2.17. The predicted molar refractivity (Wildman–Crippen MR) is 247 cm³/mol. The van der Waals surface area contributed by atoms with E-state index in [4.69, 9.17) is 14.2 Å². The molecule has 0 bridgehead atoms. The average Bonchev–Trinajstić information content (AvgIpc) is 3.19. The van der Waals surface area contributed by atoms with Gasteiger partial charge < -0.3 is 14.2 Å². The average molecular weight is 821 g/mol. The molecule has 0 heterocycles. The largest absolute Gasteiger partial charge is 0.462 e. The molecule has 0 N–H and O–H groups in total. The maximum Gasteiger partial charge on any atom is 0.306 e. The van der Waals surface area contributed by atoms with Gasteiger partial charge in [0.2, 0.25) is 0 Å². The van der Waals surface area contributed by atoms with Crippen LogP contribution < -0.4 is 0 Å². The zero-order valence-corrected chi connectivity index (χ0v) is 39.7. The molecule has 0 aliphatic carbocycles. The van der Waals surface area contributed by atoms with Crippen molar-refractivity contribution in [3.63, 3.8) is 0 Å². The molecule has 0 aliphatic heterocycles. The van der Waals surface area contributed by atoms with Gasteiger partial charge in [0.15, 0.2) is 6.10 Å². The summed E-state index contributed by atoms with van der Waals surface area (Å²) in [6, 6.07) is 0. The number of carbonyl (C=O) groups excluding carboxylic acids is 3. The summed E-state index contributed by atoms with van der Waals surface area (Å²) in [5.74, 6) is 0.807. The quantitative estimate of drug-likeness (QED) is 0.0346. The molecule has 0 radical (unpaired) electrons. The summed E-state index contributed by atoms with van der Waals surface area (Å²) in [6.45, 7) is 11.4. The second-order valence-corrected chi connectivity index (χ2v) is 18.8. The van der Waals surface area contributed by atoms with Gasteiger partial charge in [-0.15, -0.1) is 0 Å². The Balaban J connectivity index is 4.24. The zero-order valence-electron chi connectivity index (χ0n) is 39.7. The Morgan fingerprint density at radius 1 is 0.328 bits per heavy atom. The molecular formula is C52H100O6. The number of carbonyl (C=O) groups is 3. The van der Waals surface area contributed by atoms with Crippen molar-refractivity contribution in [2.24, 2.45) is 11.8 Å². The molecule has 0 fully saturated rings. The Morgan fingerprint density at radius 3 is 0.845 bits per heavy atom. The summed E-state index contributed by atoms with van der Waals surface area (Å²) >= 11 is 0. The molecule has 0 rings (SSSR count). The molecular weight excluding hydrogens is 721 g/mol. The van der Waals surface area contributed by atoms with Crippen molar-refractivity contribution in [3.8, 4) is 0 Å². The van der Waals surface area contributed by atoms with E-state index >= 15 is 0 Å². The predicted octanol–water partition coefficient (Wildman–Crippen LogP) is 16.5. The fourth-order valence-corrected chi connectivity index (χ4v) is 7.81. The monoisotopic (exact) mass is 821 g/mol. The van der Waals surface area contributed by atoms with Gasteiger partial charge in [-0.05, 0) is 31.1 Å². The second kappa shape index (κ2) is 44.9. The normalized spacial score (nSPS) is 12.1. The van der Waals surface area contributed by atoms with E-state index < -0.39 is 6.10 Å². The van der Waals surface area contributed by atoms with Crippen molar-refractivity contribution >= 4 is 17.9 Å². The minimum absolute atomic E-state index is 0.0638. The molecule has 0 amide bonds. The van der Waals surface area contributed by atoms with Crippen molar-refractivity contribution in [2.45, 2.75) is 291 Å². The van der Waals surface area contributed by atoms with Crippen molar-refractivity contribution in [3.05, 3.63) is 0 Å². The summed E-state index contributed by atoms with van der Waals surface area (Å²) in [7, 11) is 0. The van der Waals surface area contributed by atoms with Crippen molar-refractivity contribution < 1.29 is 28.6 Å². The molecule has 58 heavy (non-hydrogen) atoms. The molecule has 0 spiro atoms. The number of unbranched alkanes of at least 4 members (excludes halogenated alkanes) is 31. The van der Waals surface area contributed by atoms with E-state index in [1.807, 2.05) is 0 Å². The SMILES string of the molecule is CCCCCCCCCCCCC(=O)O[C@H](COC(=O)CCCCCCCCCCCCCCCCCC(C)C)COC(=O)CCCCCCCCCCCC(C)C. The van der Waals surface area contributed by atoms with Crippen molar-refractivity contribution in [1.29, 1.82) is 0 Å². The maximum absolute atomic E-state index is 12.7. The molecule has 0 aromatic heterocycles. The molecule has 0 unspecified atom stereocenters. The molecule has 1 atom stereocenters. The molecule has 0 aromatic carbocycles. The van der Waals surface area contributed by atoms with Gasteiger partial charge in [0.05, 0.1) is 0 Å². The first kappa shape index (κ1) is 56.4. The third-order valence-corrected chi connectivity index (χ3v) is 11.7. The Labute approximate surface area is 361 Å². The summed E-state index contributed by atoms with van der Waals surface area (Å²) < 4.78 is 16.8. The van der Waals surface area contributed by atoms with Crippen LogP contribution in [0.3, 0.4) is 0 Å². The minimum atomic E-state index is -0.761. The second-order valence-electron chi connectivity index (χ2n) is 18.8. The van der Waals surface area contributed by atoms with Gasteiger partial charge in [-0.1, -0.05) is 247 Å². The Bertz CT molecular complexity index is 885. The van der Waals surface area contributed by atoms with Gasteiger partial charge in [0, 0.05) is 19.3 Å². The first-order chi connectivity index (χ1) is 28.2. The summed E-state index contributed by atoms with van der Waals surface area (Å²) in [5.41, 5.74) is 0. The highest BCUT2D eigenvalue weighted by Gasteiger charge is 2.19. The van der Waals surface area contributed by atoms with Gasteiger partial charge in [-0.2, -0.15) is 0 Å². The molecule has 0 saturated heterocycles. The van der Waals surface area contributed by atoms with Crippen LogP contribution in [0.1, 0.15) is 285 Å². The van der Waals surface area contributed by atoms with E-state index in [2.05, 4.69) is 34.6 Å². The first-order valence-corrected chi connectivity index (χ1v) is 25.7. The highest BCUT2D eigenvalue weighted by atomic mass is 16.6. The fourth-order valence-electron chi connectivity index (χ4n) is 7.81. The smallest absolute Gasteiger partial charge is 0.306 e. The van der Waals surface area contributed by atoms with Gasteiger partial charge in [-0.25, -0.2) is 0 Å². The van der Waals surface area contributed by atoms with Crippen LogP contribution in [-0.4, -0.2) is 37.2 Å². The van der Waals surface area contributed by atoms with Crippen molar-refractivity contribution in [2.75, 3.05) is 13.2 Å². The summed E-state index contributed by atoms with van der Waals surface area (Å²) in [5, 5.41) is 0. The third-order valence-electron chi connectivity index (χ3n) is 11.7. The van der Waals surface area contributed by atoms with Crippen LogP contribution in [0.25, 0.3) is 0 Å². The van der Waals surface area contributed by atoms with Crippen LogP contribution in [-0.2, 0) is 28.6 Å². The van der Waals surface area contributed by atoms with E-state index in [-0.39, 0.29) is 31.1 Å². The molecule has 6 heteroatoms. The lowest BCUT2D eigenvalue weighted by Gasteiger charge is -2.18. The molecule has 0 aromatic rings. The third kappa shape index (κ3) is 45.5. The van der Waals surface area contributed by atoms with Crippen LogP contribution in [0.5, 0.6) is 0 Å². The van der Waals surface area contributed by atoms with Gasteiger partial charge in [0.25, 0.3) is 0 Å². The number of rotatable bonds is 46. The standard InChI is InChI=1S/C52H100O6/c1-6-7-8-9-10-11-22-29-34-39-44-52(55)58-49(46-57-51(54)43-38-33-28-24-19-21-26-31-36-41-48(4)5)45-56-50(53)42-37-32-27-23-18-16-14-12-13-15-17-20-25-30-35-40-47(2)3/h47-49H,6-46H2,1-5H3/t49-/m1/s1. The van der Waals surface area contributed by atoms with Crippen LogP contribution in [0.4, 0.5) is 0 Å². The van der Waals surface area contributed by atoms with E-state index in [1.54, 1.807) is 0 Å². The van der Waals surface area contributed by atoms with Crippen LogP contribution in [0.2, 0.25) is 0 Å². The topological polar surface area (TPSA) is 78.9 Å². The van der Waals surface area contributed by atoms with Crippen LogP contribution in [0, 0.1) is 11.8 Å². The maximum atomic E-state index is 12.7. The fraction of sp³-hybridized carbons (Fsp3) is 0.942. The van der Waals surface area contributed by atoms with E-state index in [9.17, 15) is 14.4 Å². The number of hydrogen-bond acceptors (Lipinski definition) is 6. The lowest BCUT2D eigenvalue weighted by molar-refractivity contribution is -0.167. The summed E-state index contributed by atoms with van der Waals surface area (Å²) in [4.78, 5) is 37.9. The van der Waals surface area contributed by atoms with Gasteiger partial charge in [0.1, 0.15) is 13.2 Å². The van der Waals surface area contributed by atoms with Crippen LogP contribution >= 0.6 is 0 Å². The lowest BCUT2D eigenvalue weighted by Crippen LogP contribution is -2.30. The number of esters is 3. The molecule has 0 aliphatic rings. The van der Waals surface area contributed by atoms with Crippen LogP contribution in [0.15, 0.2) is 0 Å². The highest BCUT2D eigenvalue weighted by molar-refractivity contribution is 5.71. The Hall–Kier alpha value is -1.59. The number of ether oxygens (including phenoxy) is 3. The van der Waals surface area contributed by atoms with E-state index in [1.165, 1.54) is 173 Å². The lowest BCUT2D eigenvalue weighted by atomic mass is 10.0. The Kier molecular flexibility index (Phi) is 43.7. The van der Waals surface area contributed by atoms with Crippen molar-refractivity contribution in [1.82, 2.24) is 0 Å². The van der Waals surface area contributed by atoms with E-state index in [0.717, 1.165) is 69.6 Å². The molecule has 0 saturated carbocycles.